The van der Waals surface area contributed by atoms with Crippen LogP contribution in [-0.4, -0.2) is 15.0 Å². The molecule has 6 heteroatoms. The predicted octanol–water partition coefficient (Wildman–Crippen LogP) is 1.82. The van der Waals surface area contributed by atoms with Crippen molar-refractivity contribution in [1.82, 2.24) is 15.0 Å². The summed E-state index contributed by atoms with van der Waals surface area (Å²) in [4.78, 5) is 12.2. The molecule has 0 aliphatic carbocycles. The van der Waals surface area contributed by atoms with Crippen molar-refractivity contribution in [2.75, 3.05) is 10.6 Å². The number of aromatic nitrogens is 3. The maximum absolute atomic E-state index is 8.54. The third kappa shape index (κ3) is 2.89. The Bertz CT molecular complexity index is 546. The van der Waals surface area contributed by atoms with E-state index < -0.39 is 0 Å². The summed E-state index contributed by atoms with van der Waals surface area (Å²) in [7, 11) is 0. The summed E-state index contributed by atoms with van der Waals surface area (Å²) in [6.45, 7) is 1.76. The minimum absolute atomic E-state index is 0.469. The summed E-state index contributed by atoms with van der Waals surface area (Å²) in [6, 6.07) is 5.32. The van der Waals surface area contributed by atoms with E-state index in [1.54, 1.807) is 25.4 Å². The van der Waals surface area contributed by atoms with Gasteiger partial charge in [-0.3, -0.25) is 10.3 Å². The fourth-order valence-corrected chi connectivity index (χ4v) is 1.34. The molecule has 2 aromatic heterocycles. The Balaban J connectivity index is 2.24. The first-order valence-corrected chi connectivity index (χ1v) is 4.96. The number of hydrogen-bond donors (Lipinski definition) is 2. The zero-order valence-corrected chi connectivity index (χ0v) is 9.18. The molecule has 0 radical (unpaired) electrons. The normalized spacial score (nSPS) is 9.41. The average Bonchev–Trinajstić information content (AvgIpc) is 2.30. The molecule has 0 fully saturated rings. The van der Waals surface area contributed by atoms with Crippen LogP contribution in [0.15, 0.2) is 30.6 Å². The van der Waals surface area contributed by atoms with Gasteiger partial charge < -0.3 is 5.32 Å². The Morgan fingerprint density at radius 2 is 1.88 bits per heavy atom. The molecule has 2 heterocycles. The summed E-state index contributed by atoms with van der Waals surface area (Å²) >= 11 is 0. The second-order valence-electron chi connectivity index (χ2n) is 3.28. The van der Waals surface area contributed by atoms with Crippen molar-refractivity contribution in [3.8, 4) is 6.19 Å². The van der Waals surface area contributed by atoms with Gasteiger partial charge in [0, 0.05) is 24.1 Å². The standard InChI is InChI=1S/C11H10N6/c1-8-15-10(14-7-12)6-11(16-8)17-9-2-4-13-5-3-9/h2-6H,1H3,(H2,13,14,15,16,17). The van der Waals surface area contributed by atoms with Crippen LogP contribution in [0.25, 0.3) is 0 Å². The zero-order chi connectivity index (χ0) is 12.1. The molecule has 84 valence electrons. The van der Waals surface area contributed by atoms with Gasteiger partial charge in [0.1, 0.15) is 17.5 Å². The lowest BCUT2D eigenvalue weighted by atomic mass is 10.4. The van der Waals surface area contributed by atoms with Gasteiger partial charge in [0.2, 0.25) is 0 Å². The van der Waals surface area contributed by atoms with Gasteiger partial charge in [-0.1, -0.05) is 0 Å². The summed E-state index contributed by atoms with van der Waals surface area (Å²) in [6.07, 6.45) is 5.19. The third-order valence-electron chi connectivity index (χ3n) is 1.97. The lowest BCUT2D eigenvalue weighted by molar-refractivity contribution is 1.06. The van der Waals surface area contributed by atoms with Crippen LogP contribution in [-0.2, 0) is 0 Å². The SMILES string of the molecule is Cc1nc(NC#N)cc(Nc2ccncc2)n1. The Labute approximate surface area is 98.4 Å². The van der Waals surface area contributed by atoms with Gasteiger partial charge in [-0.15, -0.1) is 0 Å². The van der Waals surface area contributed by atoms with Crippen LogP contribution in [0.1, 0.15) is 5.82 Å². The number of aryl methyl sites for hydroxylation is 1. The number of nitrogens with zero attached hydrogens (tertiary/aromatic N) is 4. The van der Waals surface area contributed by atoms with Crippen LogP contribution in [0.3, 0.4) is 0 Å². The molecule has 0 bridgehead atoms. The molecule has 0 atom stereocenters. The maximum Gasteiger partial charge on any atom is 0.182 e. The highest BCUT2D eigenvalue weighted by molar-refractivity contribution is 5.59. The molecule has 2 aromatic rings. The quantitative estimate of drug-likeness (QED) is 0.613. The van der Waals surface area contributed by atoms with Crippen molar-refractivity contribution in [2.24, 2.45) is 0 Å². The molecule has 0 unspecified atom stereocenters. The van der Waals surface area contributed by atoms with Crippen molar-refractivity contribution in [3.05, 3.63) is 36.4 Å². The first kappa shape index (κ1) is 10.8. The highest BCUT2D eigenvalue weighted by atomic mass is 15.1. The van der Waals surface area contributed by atoms with E-state index in [9.17, 15) is 0 Å². The van der Waals surface area contributed by atoms with Crippen LogP contribution >= 0.6 is 0 Å². The summed E-state index contributed by atoms with van der Waals surface area (Å²) in [5, 5.41) is 14.1. The molecule has 0 saturated heterocycles. The Hall–Kier alpha value is -2.68. The van der Waals surface area contributed by atoms with Crippen LogP contribution in [0, 0.1) is 18.4 Å². The van der Waals surface area contributed by atoms with E-state index in [1.807, 2.05) is 18.3 Å². The minimum Gasteiger partial charge on any atom is -0.340 e. The van der Waals surface area contributed by atoms with E-state index in [0.717, 1.165) is 5.69 Å². The molecule has 2 N–H and O–H groups in total. The van der Waals surface area contributed by atoms with E-state index in [0.29, 0.717) is 17.5 Å². The number of hydrogen-bond acceptors (Lipinski definition) is 6. The second-order valence-corrected chi connectivity index (χ2v) is 3.28. The number of anilines is 3. The first-order chi connectivity index (χ1) is 8.28. The number of rotatable bonds is 3. The van der Waals surface area contributed by atoms with Crippen molar-refractivity contribution >= 4 is 17.3 Å². The van der Waals surface area contributed by atoms with Gasteiger partial charge in [-0.05, 0) is 19.1 Å². The van der Waals surface area contributed by atoms with Gasteiger partial charge in [0.05, 0.1) is 0 Å². The van der Waals surface area contributed by atoms with Crippen LogP contribution < -0.4 is 10.6 Å². The van der Waals surface area contributed by atoms with Gasteiger partial charge in [0.15, 0.2) is 6.19 Å². The molecule has 0 saturated carbocycles. The molecule has 0 aliphatic heterocycles. The predicted molar refractivity (Wildman–Crippen MR) is 63.5 cm³/mol. The number of nitrogens with one attached hydrogen (secondary N) is 2. The van der Waals surface area contributed by atoms with E-state index >= 15 is 0 Å². The molecule has 6 nitrogen and oxygen atoms in total. The molecular weight excluding hydrogens is 216 g/mol. The summed E-state index contributed by atoms with van der Waals surface area (Å²) in [5.41, 5.74) is 0.876. The molecule has 0 spiro atoms. The molecule has 2 rings (SSSR count). The van der Waals surface area contributed by atoms with Crippen molar-refractivity contribution in [1.29, 1.82) is 5.26 Å². The summed E-state index contributed by atoms with van der Waals surface area (Å²) in [5.74, 6) is 1.68. The lowest BCUT2D eigenvalue weighted by Crippen LogP contribution is -2.00. The van der Waals surface area contributed by atoms with Gasteiger partial charge >= 0.3 is 0 Å². The highest BCUT2D eigenvalue weighted by Crippen LogP contribution is 2.16. The molecular formula is C11H10N6. The maximum atomic E-state index is 8.54. The van der Waals surface area contributed by atoms with E-state index in [-0.39, 0.29) is 0 Å². The Morgan fingerprint density at radius 3 is 2.59 bits per heavy atom. The highest BCUT2D eigenvalue weighted by Gasteiger charge is 2.01. The fraction of sp³-hybridized carbons (Fsp3) is 0.0909. The van der Waals surface area contributed by atoms with E-state index in [1.165, 1.54) is 0 Å². The smallest absolute Gasteiger partial charge is 0.182 e. The minimum atomic E-state index is 0.469. The van der Waals surface area contributed by atoms with Crippen molar-refractivity contribution < 1.29 is 0 Å². The van der Waals surface area contributed by atoms with Gasteiger partial charge in [-0.25, -0.2) is 9.97 Å². The average molecular weight is 226 g/mol. The monoisotopic (exact) mass is 226 g/mol. The molecule has 0 aromatic carbocycles. The van der Waals surface area contributed by atoms with E-state index in [4.69, 9.17) is 5.26 Å². The molecule has 17 heavy (non-hydrogen) atoms. The zero-order valence-electron chi connectivity index (χ0n) is 9.18. The van der Waals surface area contributed by atoms with E-state index in [2.05, 4.69) is 25.6 Å². The van der Waals surface area contributed by atoms with Crippen molar-refractivity contribution in [3.63, 3.8) is 0 Å². The van der Waals surface area contributed by atoms with Crippen LogP contribution in [0.2, 0.25) is 0 Å². The largest absolute Gasteiger partial charge is 0.340 e. The fourth-order valence-electron chi connectivity index (χ4n) is 1.34. The second kappa shape index (κ2) is 4.90. The number of nitriles is 1. The topological polar surface area (TPSA) is 86.5 Å². The summed E-state index contributed by atoms with van der Waals surface area (Å²) < 4.78 is 0. The molecule has 0 amide bonds. The lowest BCUT2D eigenvalue weighted by Gasteiger charge is -2.07. The molecule has 0 aliphatic rings. The van der Waals surface area contributed by atoms with Crippen molar-refractivity contribution in [2.45, 2.75) is 6.92 Å². The Kier molecular flexibility index (Phi) is 3.12. The van der Waals surface area contributed by atoms with Gasteiger partial charge in [-0.2, -0.15) is 5.26 Å². The third-order valence-corrected chi connectivity index (χ3v) is 1.97. The van der Waals surface area contributed by atoms with Gasteiger partial charge in [0.25, 0.3) is 0 Å². The van der Waals surface area contributed by atoms with Crippen LogP contribution in [0.5, 0.6) is 0 Å². The number of pyridine rings is 1. The first-order valence-electron chi connectivity index (χ1n) is 4.96. The Morgan fingerprint density at radius 1 is 1.18 bits per heavy atom. The van der Waals surface area contributed by atoms with Crippen LogP contribution in [0.4, 0.5) is 17.3 Å².